The number of esters is 1. The smallest absolute Gasteiger partial charge is 0.310 e. The first kappa shape index (κ1) is 36.6. The Hall–Kier alpha value is -5.70. The molecular formula is C42H45N3O6. The molecule has 5 rings (SSSR count). The first-order chi connectivity index (χ1) is 24.4. The molecular weight excluding hydrogens is 642 g/mol. The predicted molar refractivity (Wildman–Crippen MR) is 200 cm³/mol. The number of ether oxygens (including phenoxy) is 2. The van der Waals surface area contributed by atoms with Gasteiger partial charge < -0.3 is 24.7 Å². The van der Waals surface area contributed by atoms with Crippen molar-refractivity contribution in [2.24, 2.45) is 0 Å². The van der Waals surface area contributed by atoms with Crippen LogP contribution in [0.4, 0.5) is 5.69 Å². The number of fused-ring (bicyclic) bond motifs is 1. The molecule has 0 saturated heterocycles. The highest BCUT2D eigenvalue weighted by Gasteiger charge is 2.25. The molecule has 1 unspecified atom stereocenters. The first-order valence-electron chi connectivity index (χ1n) is 17.1. The molecule has 0 spiro atoms. The van der Waals surface area contributed by atoms with Crippen LogP contribution in [0.3, 0.4) is 0 Å². The standard InChI is InChI=1S/C42H45N3O6/c1-6-31-22-23-45(27-30-18-20-34(50-5)21-19-30)41(49)39(31)44-40(48)36(24-28-14-16-29(17-15-28)25-38(47)51-42(2,3)4)43-37(46)26-33-12-9-11-32-10-7-8-13-35(32)33/h7-23,36H,6,24-27H2,1-5H3,(H,43,46)(H,44,48). The second kappa shape index (κ2) is 16.3. The Morgan fingerprint density at radius 2 is 1.45 bits per heavy atom. The topological polar surface area (TPSA) is 116 Å². The van der Waals surface area contributed by atoms with Crippen LogP contribution in [-0.4, -0.2) is 41.1 Å². The molecule has 1 heterocycles. The molecule has 0 aliphatic heterocycles. The molecule has 9 nitrogen and oxygen atoms in total. The molecule has 0 radical (unpaired) electrons. The second-order valence-corrected chi connectivity index (χ2v) is 13.6. The van der Waals surface area contributed by atoms with E-state index in [0.29, 0.717) is 24.3 Å². The molecule has 2 amide bonds. The number of carbonyl (C=O) groups is 3. The van der Waals surface area contributed by atoms with Gasteiger partial charge in [-0.1, -0.05) is 85.8 Å². The van der Waals surface area contributed by atoms with Crippen LogP contribution in [0.25, 0.3) is 10.8 Å². The zero-order valence-electron chi connectivity index (χ0n) is 29.8. The molecule has 0 fully saturated rings. The summed E-state index contributed by atoms with van der Waals surface area (Å²) >= 11 is 0. The maximum Gasteiger partial charge on any atom is 0.310 e. The van der Waals surface area contributed by atoms with Crippen molar-refractivity contribution in [3.63, 3.8) is 0 Å². The van der Waals surface area contributed by atoms with Crippen LogP contribution in [0.2, 0.25) is 0 Å². The van der Waals surface area contributed by atoms with Crippen molar-refractivity contribution in [3.8, 4) is 5.75 Å². The molecule has 9 heteroatoms. The van der Waals surface area contributed by atoms with Gasteiger partial charge in [0.25, 0.3) is 5.56 Å². The number of nitrogens with zero attached hydrogens (tertiary/aromatic N) is 1. The number of hydrogen-bond acceptors (Lipinski definition) is 6. The molecule has 4 aromatic carbocycles. The van der Waals surface area contributed by atoms with Crippen molar-refractivity contribution in [2.75, 3.05) is 12.4 Å². The van der Waals surface area contributed by atoms with Crippen molar-refractivity contribution in [3.05, 3.63) is 141 Å². The Bertz CT molecular complexity index is 2060. The molecule has 51 heavy (non-hydrogen) atoms. The summed E-state index contributed by atoms with van der Waals surface area (Å²) in [6.45, 7) is 7.69. The number of aryl methyl sites for hydroxylation is 1. The molecule has 0 saturated carbocycles. The number of benzene rings is 4. The fourth-order valence-corrected chi connectivity index (χ4v) is 5.95. The summed E-state index contributed by atoms with van der Waals surface area (Å²) in [5.41, 5.74) is 3.22. The maximum atomic E-state index is 14.1. The number of pyridine rings is 1. The lowest BCUT2D eigenvalue weighted by molar-refractivity contribution is -0.153. The van der Waals surface area contributed by atoms with Crippen molar-refractivity contribution < 1.29 is 23.9 Å². The minimum atomic E-state index is -0.997. The van der Waals surface area contributed by atoms with E-state index in [2.05, 4.69) is 10.6 Å². The van der Waals surface area contributed by atoms with Gasteiger partial charge in [-0.15, -0.1) is 0 Å². The first-order valence-corrected chi connectivity index (χ1v) is 17.1. The summed E-state index contributed by atoms with van der Waals surface area (Å²) in [7, 11) is 1.60. The van der Waals surface area contributed by atoms with Crippen LogP contribution in [-0.2, 0) is 51.3 Å². The average Bonchev–Trinajstić information content (AvgIpc) is 3.10. The number of rotatable bonds is 13. The Labute approximate surface area is 298 Å². The van der Waals surface area contributed by atoms with Gasteiger partial charge in [0.2, 0.25) is 11.8 Å². The van der Waals surface area contributed by atoms with Crippen molar-refractivity contribution in [1.29, 1.82) is 0 Å². The van der Waals surface area contributed by atoms with E-state index in [1.807, 2.05) is 125 Å². The highest BCUT2D eigenvalue weighted by Crippen LogP contribution is 2.20. The largest absolute Gasteiger partial charge is 0.497 e. The highest BCUT2D eigenvalue weighted by molar-refractivity contribution is 5.98. The number of aromatic nitrogens is 1. The van der Waals surface area contributed by atoms with Crippen LogP contribution in [0.5, 0.6) is 5.75 Å². The molecule has 0 aliphatic rings. The normalized spacial score (nSPS) is 11.9. The van der Waals surface area contributed by atoms with Gasteiger partial charge >= 0.3 is 5.97 Å². The lowest BCUT2D eigenvalue weighted by atomic mass is 10.00. The number of hydrogen-bond donors (Lipinski definition) is 2. The fraction of sp³-hybridized carbons (Fsp3) is 0.286. The number of methoxy groups -OCH3 is 1. The number of anilines is 1. The van der Waals surface area contributed by atoms with E-state index in [-0.39, 0.29) is 42.4 Å². The summed E-state index contributed by atoms with van der Waals surface area (Å²) in [6, 6.07) is 29.2. The average molecular weight is 688 g/mol. The van der Waals surface area contributed by atoms with Crippen LogP contribution in [0.15, 0.2) is 108 Å². The van der Waals surface area contributed by atoms with Crippen molar-refractivity contribution in [1.82, 2.24) is 9.88 Å². The third-order valence-corrected chi connectivity index (χ3v) is 8.51. The third kappa shape index (κ3) is 9.94. The Kier molecular flexibility index (Phi) is 11.7. The van der Waals surface area contributed by atoms with Crippen LogP contribution < -0.4 is 20.9 Å². The van der Waals surface area contributed by atoms with Crippen molar-refractivity contribution in [2.45, 2.75) is 71.6 Å². The molecule has 0 bridgehead atoms. The van der Waals surface area contributed by atoms with Gasteiger partial charge in [-0.3, -0.25) is 19.2 Å². The number of nitrogens with one attached hydrogen (secondary N) is 2. The monoisotopic (exact) mass is 687 g/mol. The van der Waals surface area contributed by atoms with Gasteiger partial charge in [-0.05, 0) is 84.0 Å². The van der Waals surface area contributed by atoms with Gasteiger partial charge in [0.05, 0.1) is 26.5 Å². The highest BCUT2D eigenvalue weighted by atomic mass is 16.6. The summed E-state index contributed by atoms with van der Waals surface area (Å²) < 4.78 is 12.3. The van der Waals surface area contributed by atoms with Gasteiger partial charge in [0.15, 0.2) is 0 Å². The van der Waals surface area contributed by atoms with Gasteiger partial charge in [-0.25, -0.2) is 0 Å². The second-order valence-electron chi connectivity index (χ2n) is 13.6. The van der Waals surface area contributed by atoms with Crippen LogP contribution >= 0.6 is 0 Å². The molecule has 264 valence electrons. The summed E-state index contributed by atoms with van der Waals surface area (Å²) in [6.07, 6.45) is 2.59. The van der Waals surface area contributed by atoms with Gasteiger partial charge in [0.1, 0.15) is 23.1 Å². The van der Waals surface area contributed by atoms with E-state index in [1.165, 1.54) is 0 Å². The van der Waals surface area contributed by atoms with E-state index in [9.17, 15) is 19.2 Å². The SMILES string of the molecule is CCc1ccn(Cc2ccc(OC)cc2)c(=O)c1NC(=O)C(Cc1ccc(CC(=O)OC(C)(C)C)cc1)NC(=O)Cc1cccc2ccccc12. The minimum absolute atomic E-state index is 0.0696. The molecule has 2 N–H and O–H groups in total. The Morgan fingerprint density at radius 3 is 2.14 bits per heavy atom. The zero-order valence-corrected chi connectivity index (χ0v) is 29.8. The van der Waals surface area contributed by atoms with Gasteiger partial charge in [-0.2, -0.15) is 0 Å². The maximum absolute atomic E-state index is 14.1. The van der Waals surface area contributed by atoms with E-state index in [4.69, 9.17) is 9.47 Å². The van der Waals surface area contributed by atoms with Crippen LogP contribution in [0, 0.1) is 0 Å². The molecule has 1 atom stereocenters. The molecule has 1 aromatic heterocycles. The minimum Gasteiger partial charge on any atom is -0.497 e. The van der Waals surface area contributed by atoms with E-state index < -0.39 is 17.6 Å². The molecule has 5 aromatic rings. The van der Waals surface area contributed by atoms with Gasteiger partial charge in [0, 0.05) is 12.6 Å². The lowest BCUT2D eigenvalue weighted by Gasteiger charge is -2.21. The Morgan fingerprint density at radius 1 is 0.784 bits per heavy atom. The van der Waals surface area contributed by atoms with Crippen LogP contribution in [0.1, 0.15) is 55.5 Å². The fourth-order valence-electron chi connectivity index (χ4n) is 5.95. The lowest BCUT2D eigenvalue weighted by Crippen LogP contribution is -2.46. The number of carbonyl (C=O) groups excluding carboxylic acids is 3. The Balaban J connectivity index is 1.39. The third-order valence-electron chi connectivity index (χ3n) is 8.51. The molecule has 0 aliphatic carbocycles. The summed E-state index contributed by atoms with van der Waals surface area (Å²) in [5, 5.41) is 7.82. The quantitative estimate of drug-likeness (QED) is 0.138. The zero-order chi connectivity index (χ0) is 36.5. The van der Waals surface area contributed by atoms with E-state index in [1.54, 1.807) is 17.9 Å². The van der Waals surface area contributed by atoms with Crippen molar-refractivity contribution >= 4 is 34.2 Å². The summed E-state index contributed by atoms with van der Waals surface area (Å²) in [4.78, 5) is 53.8. The number of amides is 2. The predicted octanol–water partition coefficient (Wildman–Crippen LogP) is 6.41. The summed E-state index contributed by atoms with van der Waals surface area (Å²) in [5.74, 6) is -0.450. The van der Waals surface area contributed by atoms with E-state index >= 15 is 0 Å². The van der Waals surface area contributed by atoms with E-state index in [0.717, 1.165) is 33.0 Å².